The van der Waals surface area contributed by atoms with Crippen molar-refractivity contribution in [2.45, 2.75) is 45.4 Å². The number of aliphatic hydroxyl groups is 1. The van der Waals surface area contributed by atoms with Crippen molar-refractivity contribution in [3.8, 4) is 0 Å². The number of carbonyl (C=O) groups excluding carboxylic acids is 2. The first kappa shape index (κ1) is 27.5. The number of benzene rings is 2. The van der Waals surface area contributed by atoms with Gasteiger partial charge in [-0.25, -0.2) is 4.79 Å². The first-order chi connectivity index (χ1) is 17.1. The fraction of sp³-hybridized carbons (Fsp3) is 0.500. The molecule has 196 valence electrons. The van der Waals surface area contributed by atoms with Gasteiger partial charge in [0, 0.05) is 58.4 Å². The molecular formula is C28H40N4O4. The lowest BCUT2D eigenvalue weighted by Gasteiger charge is -2.36. The monoisotopic (exact) mass is 496 g/mol. The highest BCUT2D eigenvalue weighted by atomic mass is 16.6. The molecule has 1 aliphatic heterocycles. The van der Waals surface area contributed by atoms with Crippen molar-refractivity contribution in [1.29, 1.82) is 0 Å². The molecule has 2 amide bonds. The zero-order valence-electron chi connectivity index (χ0n) is 21.9. The molecule has 1 fully saturated rings. The first-order valence-corrected chi connectivity index (χ1v) is 12.6. The van der Waals surface area contributed by atoms with Gasteiger partial charge in [0.1, 0.15) is 11.6 Å². The summed E-state index contributed by atoms with van der Waals surface area (Å²) in [6.45, 7) is 9.71. The Kier molecular flexibility index (Phi) is 9.73. The van der Waals surface area contributed by atoms with Gasteiger partial charge in [-0.05, 0) is 44.0 Å². The van der Waals surface area contributed by atoms with Crippen LogP contribution in [0.2, 0.25) is 0 Å². The number of likely N-dealkylation sites (N-methyl/N-ethyl adjacent to an activating group) is 1. The van der Waals surface area contributed by atoms with Gasteiger partial charge < -0.3 is 25.0 Å². The zero-order valence-corrected chi connectivity index (χ0v) is 21.9. The van der Waals surface area contributed by atoms with Gasteiger partial charge in [-0.2, -0.15) is 0 Å². The Labute approximate surface area is 214 Å². The summed E-state index contributed by atoms with van der Waals surface area (Å²) in [6, 6.07) is 17.4. The number of aliphatic hydroxyl groups excluding tert-OH is 1. The molecule has 3 rings (SSSR count). The van der Waals surface area contributed by atoms with E-state index < -0.39 is 17.7 Å². The number of ether oxygens (including phenoxy) is 1. The second-order valence-electron chi connectivity index (χ2n) is 10.3. The van der Waals surface area contributed by atoms with Crippen molar-refractivity contribution in [1.82, 2.24) is 15.1 Å². The van der Waals surface area contributed by atoms with Crippen LogP contribution in [0.3, 0.4) is 0 Å². The number of nitrogens with one attached hydrogen (secondary N) is 1. The van der Waals surface area contributed by atoms with Crippen molar-refractivity contribution in [2.24, 2.45) is 0 Å². The molecule has 0 radical (unpaired) electrons. The van der Waals surface area contributed by atoms with Gasteiger partial charge in [-0.15, -0.1) is 0 Å². The molecule has 1 saturated heterocycles. The first-order valence-electron chi connectivity index (χ1n) is 12.6. The van der Waals surface area contributed by atoms with Crippen molar-refractivity contribution in [2.75, 3.05) is 51.3 Å². The summed E-state index contributed by atoms with van der Waals surface area (Å²) in [5, 5.41) is 11.9. The molecule has 0 aromatic heterocycles. The molecule has 1 atom stereocenters. The largest absolute Gasteiger partial charge is 0.444 e. The molecule has 0 saturated carbocycles. The number of rotatable bonds is 9. The van der Waals surface area contributed by atoms with Gasteiger partial charge >= 0.3 is 6.09 Å². The van der Waals surface area contributed by atoms with E-state index >= 15 is 0 Å². The molecule has 0 spiro atoms. The Morgan fingerprint density at radius 2 is 1.64 bits per heavy atom. The van der Waals surface area contributed by atoms with Gasteiger partial charge in [-0.1, -0.05) is 42.5 Å². The molecule has 1 unspecified atom stereocenters. The second kappa shape index (κ2) is 12.7. The van der Waals surface area contributed by atoms with Crippen LogP contribution in [0.1, 0.15) is 31.9 Å². The maximum Gasteiger partial charge on any atom is 0.408 e. The lowest BCUT2D eigenvalue weighted by Crippen LogP contribution is -2.55. The van der Waals surface area contributed by atoms with Crippen LogP contribution < -0.4 is 10.2 Å². The number of piperazine rings is 1. The van der Waals surface area contributed by atoms with Crippen molar-refractivity contribution in [3.63, 3.8) is 0 Å². The molecule has 1 heterocycles. The van der Waals surface area contributed by atoms with E-state index in [0.717, 1.165) is 30.9 Å². The minimum atomic E-state index is -0.683. The highest BCUT2D eigenvalue weighted by molar-refractivity contribution is 5.86. The molecule has 2 aromatic rings. The number of amides is 2. The third-order valence-corrected chi connectivity index (χ3v) is 6.17. The second-order valence-corrected chi connectivity index (χ2v) is 10.3. The quantitative estimate of drug-likeness (QED) is 0.555. The van der Waals surface area contributed by atoms with E-state index in [1.807, 2.05) is 47.2 Å². The number of alkyl carbamates (subject to hydrolysis) is 1. The number of hydrogen-bond donors (Lipinski definition) is 2. The van der Waals surface area contributed by atoms with E-state index in [9.17, 15) is 9.59 Å². The molecule has 0 aliphatic carbocycles. The van der Waals surface area contributed by atoms with Gasteiger partial charge in [-0.3, -0.25) is 9.69 Å². The molecule has 1 aliphatic rings. The Balaban J connectivity index is 1.57. The lowest BCUT2D eigenvalue weighted by atomic mass is 10.0. The summed E-state index contributed by atoms with van der Waals surface area (Å²) >= 11 is 0. The van der Waals surface area contributed by atoms with Crippen LogP contribution in [-0.4, -0.2) is 84.9 Å². The summed E-state index contributed by atoms with van der Waals surface area (Å²) < 4.78 is 5.42. The summed E-state index contributed by atoms with van der Waals surface area (Å²) in [7, 11) is 1.96. The number of nitrogens with zero attached hydrogens (tertiary/aromatic N) is 3. The highest BCUT2D eigenvalue weighted by Gasteiger charge is 2.30. The Morgan fingerprint density at radius 3 is 2.22 bits per heavy atom. The average molecular weight is 497 g/mol. The molecule has 2 aromatic carbocycles. The standard InChI is InChI=1S/C28H40N4O4/c1-28(2,3)36-27(35)29-25(20-22-8-6-5-7-9-22)26(34)32-16-14-31(15-17-32)21-23-10-12-24(13-11-23)30(4)18-19-33/h5-13,25,33H,14-21H2,1-4H3,(H,29,35). The van der Waals surface area contributed by atoms with E-state index in [4.69, 9.17) is 9.84 Å². The Bertz CT molecular complexity index is 967. The predicted molar refractivity (Wildman–Crippen MR) is 142 cm³/mol. The van der Waals surface area contributed by atoms with Crippen molar-refractivity contribution in [3.05, 3.63) is 65.7 Å². The molecule has 8 nitrogen and oxygen atoms in total. The summed E-state index contributed by atoms with van der Waals surface area (Å²) in [4.78, 5) is 32.1. The van der Waals surface area contributed by atoms with Crippen LogP contribution in [-0.2, 0) is 22.5 Å². The Hall–Kier alpha value is -3.10. The van der Waals surface area contributed by atoms with Crippen LogP contribution in [0.4, 0.5) is 10.5 Å². The van der Waals surface area contributed by atoms with E-state index in [1.54, 1.807) is 20.8 Å². The van der Waals surface area contributed by atoms with Crippen LogP contribution in [0.25, 0.3) is 0 Å². The maximum atomic E-state index is 13.4. The third-order valence-electron chi connectivity index (χ3n) is 6.17. The van der Waals surface area contributed by atoms with Gasteiger partial charge in [0.25, 0.3) is 0 Å². The minimum absolute atomic E-state index is 0.0827. The van der Waals surface area contributed by atoms with Crippen molar-refractivity contribution >= 4 is 17.7 Å². The van der Waals surface area contributed by atoms with E-state index in [2.05, 4.69) is 34.5 Å². The molecule has 36 heavy (non-hydrogen) atoms. The summed E-state index contributed by atoms with van der Waals surface area (Å²) in [5.74, 6) is -0.0827. The smallest absolute Gasteiger partial charge is 0.408 e. The van der Waals surface area contributed by atoms with Crippen LogP contribution in [0.5, 0.6) is 0 Å². The van der Waals surface area contributed by atoms with Crippen LogP contribution >= 0.6 is 0 Å². The van der Waals surface area contributed by atoms with E-state index in [-0.39, 0.29) is 12.5 Å². The predicted octanol–water partition coefficient (Wildman–Crippen LogP) is 2.90. The molecule has 8 heteroatoms. The molecule has 2 N–H and O–H groups in total. The highest BCUT2D eigenvalue weighted by Crippen LogP contribution is 2.17. The third kappa shape index (κ3) is 8.53. The van der Waals surface area contributed by atoms with Gasteiger partial charge in [0.05, 0.1) is 6.61 Å². The van der Waals surface area contributed by atoms with Crippen LogP contribution in [0.15, 0.2) is 54.6 Å². The average Bonchev–Trinajstić information content (AvgIpc) is 2.84. The maximum absolute atomic E-state index is 13.4. The summed E-state index contributed by atoms with van der Waals surface area (Å²) in [6.07, 6.45) is -0.167. The number of hydrogen-bond acceptors (Lipinski definition) is 6. The number of carbonyl (C=O) groups is 2. The lowest BCUT2D eigenvalue weighted by molar-refractivity contribution is -0.135. The van der Waals surface area contributed by atoms with Gasteiger partial charge in [0.15, 0.2) is 0 Å². The van der Waals surface area contributed by atoms with Crippen molar-refractivity contribution < 1.29 is 19.4 Å². The SMILES string of the molecule is CN(CCO)c1ccc(CN2CCN(C(=O)C(Cc3ccccc3)NC(=O)OC(C)(C)C)CC2)cc1. The molecular weight excluding hydrogens is 456 g/mol. The zero-order chi connectivity index (χ0) is 26.1. The fourth-order valence-electron chi connectivity index (χ4n) is 4.24. The molecule has 0 bridgehead atoms. The summed E-state index contributed by atoms with van der Waals surface area (Å²) in [5.41, 5.74) is 2.64. The normalized spacial score (nSPS) is 15.3. The number of anilines is 1. The Morgan fingerprint density at radius 1 is 1.00 bits per heavy atom. The topological polar surface area (TPSA) is 85.4 Å². The van der Waals surface area contributed by atoms with E-state index in [1.165, 1.54) is 5.56 Å². The van der Waals surface area contributed by atoms with E-state index in [0.29, 0.717) is 26.1 Å². The van der Waals surface area contributed by atoms with Gasteiger partial charge in [0.2, 0.25) is 5.91 Å². The van der Waals surface area contributed by atoms with Crippen LogP contribution in [0, 0.1) is 0 Å². The minimum Gasteiger partial charge on any atom is -0.444 e. The fourth-order valence-corrected chi connectivity index (χ4v) is 4.24.